The molecular formula is C21H13Cl2F3N4O3S. The van der Waals surface area contributed by atoms with Crippen molar-refractivity contribution in [1.29, 1.82) is 5.26 Å². The summed E-state index contributed by atoms with van der Waals surface area (Å²) >= 11 is 11.8. The molecule has 3 rings (SSSR count). The third-order valence-corrected chi connectivity index (χ3v) is 6.53. The fraction of sp³-hybridized carbons (Fsp3) is 0.0476. The fourth-order valence-electron chi connectivity index (χ4n) is 2.87. The minimum atomic E-state index is -5.16. The number of anilines is 3. The molecule has 0 aliphatic heterocycles. The molecule has 176 valence electrons. The molecule has 0 fully saturated rings. The zero-order valence-corrected chi connectivity index (χ0v) is 19.1. The molecule has 0 bridgehead atoms. The number of carbonyl (C=O) groups excluding carboxylic acids is 1. The van der Waals surface area contributed by atoms with Crippen molar-refractivity contribution in [2.24, 2.45) is 0 Å². The second-order valence-corrected chi connectivity index (χ2v) is 9.09. The van der Waals surface area contributed by atoms with Gasteiger partial charge in [-0.3, -0.25) is 4.72 Å². The summed E-state index contributed by atoms with van der Waals surface area (Å²) in [5.41, 5.74) is -3.96. The normalized spacial score (nSPS) is 11.4. The minimum absolute atomic E-state index is 0.0267. The van der Waals surface area contributed by atoms with E-state index in [9.17, 15) is 31.6 Å². The maximum atomic E-state index is 14.0. The van der Waals surface area contributed by atoms with E-state index >= 15 is 0 Å². The van der Waals surface area contributed by atoms with Gasteiger partial charge < -0.3 is 10.6 Å². The van der Waals surface area contributed by atoms with Gasteiger partial charge in [-0.05, 0) is 36.4 Å². The minimum Gasteiger partial charge on any atom is -0.307 e. The largest absolute Gasteiger partial charge is 0.420 e. The zero-order valence-electron chi connectivity index (χ0n) is 16.7. The standard InChI is InChI=1S/C21H13Cl2F3N4O3S/c22-14-7-4-8-16(18(14)23)29-20(31)28-15-10-9-12(11-27)19(17(15)21(24,25)26)30-34(32,33)13-5-2-1-3-6-13/h1-10,30H,(H2,28,29,31). The van der Waals surface area contributed by atoms with Crippen LogP contribution in [0.4, 0.5) is 35.0 Å². The van der Waals surface area contributed by atoms with E-state index in [1.807, 2.05) is 10.0 Å². The van der Waals surface area contributed by atoms with Crippen molar-refractivity contribution in [3.63, 3.8) is 0 Å². The summed E-state index contributed by atoms with van der Waals surface area (Å²) in [6.07, 6.45) is -5.16. The predicted molar refractivity (Wildman–Crippen MR) is 123 cm³/mol. The van der Waals surface area contributed by atoms with Crippen molar-refractivity contribution in [3.8, 4) is 6.07 Å². The van der Waals surface area contributed by atoms with Crippen molar-refractivity contribution >= 4 is 56.3 Å². The molecule has 0 saturated heterocycles. The Bertz CT molecular complexity index is 1390. The van der Waals surface area contributed by atoms with Gasteiger partial charge in [0.15, 0.2) is 0 Å². The van der Waals surface area contributed by atoms with Crippen LogP contribution in [0.3, 0.4) is 0 Å². The van der Waals surface area contributed by atoms with Crippen LogP contribution in [0, 0.1) is 11.3 Å². The molecule has 0 heterocycles. The zero-order chi connectivity index (χ0) is 25.1. The van der Waals surface area contributed by atoms with Crippen molar-refractivity contribution in [3.05, 3.63) is 81.8 Å². The third-order valence-electron chi connectivity index (χ3n) is 4.35. The lowest BCUT2D eigenvalue weighted by molar-refractivity contribution is -0.136. The lowest BCUT2D eigenvalue weighted by Gasteiger charge is -2.20. The Morgan fingerprint density at radius 2 is 1.56 bits per heavy atom. The summed E-state index contributed by atoms with van der Waals surface area (Å²) in [4.78, 5) is 12.1. The number of hydrogen-bond donors (Lipinski definition) is 3. The van der Waals surface area contributed by atoms with Gasteiger partial charge in [0.2, 0.25) is 0 Å². The van der Waals surface area contributed by atoms with Gasteiger partial charge in [0, 0.05) is 0 Å². The number of nitrogens with one attached hydrogen (secondary N) is 3. The number of sulfonamides is 1. The smallest absolute Gasteiger partial charge is 0.307 e. The quantitative estimate of drug-likeness (QED) is 0.359. The Kier molecular flexibility index (Phi) is 7.26. The molecule has 0 aromatic heterocycles. The van der Waals surface area contributed by atoms with E-state index < -0.39 is 44.7 Å². The predicted octanol–water partition coefficient (Wildman–Crippen LogP) is 6.33. The van der Waals surface area contributed by atoms with E-state index in [0.29, 0.717) is 0 Å². The molecule has 0 radical (unpaired) electrons. The lowest BCUT2D eigenvalue weighted by atomic mass is 10.1. The van der Waals surface area contributed by atoms with Crippen LogP contribution in [0.15, 0.2) is 65.6 Å². The topological polar surface area (TPSA) is 111 Å². The average Bonchev–Trinajstić information content (AvgIpc) is 2.76. The maximum Gasteiger partial charge on any atom is 0.420 e. The third kappa shape index (κ3) is 5.53. The highest BCUT2D eigenvalue weighted by Crippen LogP contribution is 2.42. The molecule has 0 saturated carbocycles. The first-order valence-electron chi connectivity index (χ1n) is 9.18. The molecule has 0 aliphatic rings. The molecule has 7 nitrogen and oxygen atoms in total. The van der Waals surface area contributed by atoms with Crippen LogP contribution in [0.2, 0.25) is 10.0 Å². The van der Waals surface area contributed by atoms with Gasteiger partial charge in [0.1, 0.15) is 11.6 Å². The van der Waals surface area contributed by atoms with E-state index in [1.54, 1.807) is 0 Å². The van der Waals surface area contributed by atoms with E-state index in [2.05, 4.69) is 5.32 Å². The van der Waals surface area contributed by atoms with Crippen molar-refractivity contribution in [1.82, 2.24) is 0 Å². The summed E-state index contributed by atoms with van der Waals surface area (Å²) < 4.78 is 69.3. The van der Waals surface area contributed by atoms with Gasteiger partial charge in [-0.2, -0.15) is 18.4 Å². The number of nitriles is 1. The van der Waals surface area contributed by atoms with E-state index in [0.717, 1.165) is 12.1 Å². The van der Waals surface area contributed by atoms with E-state index in [4.69, 9.17) is 23.2 Å². The lowest BCUT2D eigenvalue weighted by Crippen LogP contribution is -2.24. The van der Waals surface area contributed by atoms with Crippen LogP contribution in [0.25, 0.3) is 0 Å². The van der Waals surface area contributed by atoms with Gasteiger partial charge >= 0.3 is 12.2 Å². The first-order valence-corrected chi connectivity index (χ1v) is 11.4. The highest BCUT2D eigenvalue weighted by molar-refractivity contribution is 7.92. The van der Waals surface area contributed by atoms with Crippen LogP contribution in [-0.2, 0) is 16.2 Å². The van der Waals surface area contributed by atoms with Crippen LogP contribution in [0.5, 0.6) is 0 Å². The summed E-state index contributed by atoms with van der Waals surface area (Å²) in [6.45, 7) is 0. The monoisotopic (exact) mass is 528 g/mol. The molecular weight excluding hydrogens is 516 g/mol. The molecule has 0 atom stereocenters. The molecule has 3 aromatic rings. The number of hydrogen-bond acceptors (Lipinski definition) is 4. The molecule has 0 unspecified atom stereocenters. The number of halogens is 5. The molecule has 2 amide bonds. The SMILES string of the molecule is N#Cc1ccc(NC(=O)Nc2cccc(Cl)c2Cl)c(C(F)(F)F)c1NS(=O)(=O)c1ccccc1. The summed E-state index contributed by atoms with van der Waals surface area (Å²) in [5.74, 6) is 0. The van der Waals surface area contributed by atoms with Crippen LogP contribution in [0.1, 0.15) is 11.1 Å². The Morgan fingerprint density at radius 3 is 2.18 bits per heavy atom. The molecule has 34 heavy (non-hydrogen) atoms. The van der Waals surface area contributed by atoms with Crippen molar-refractivity contribution < 1.29 is 26.4 Å². The molecule has 3 aromatic carbocycles. The average molecular weight is 529 g/mol. The number of amides is 2. The van der Waals surface area contributed by atoms with Gasteiger partial charge in [0.25, 0.3) is 10.0 Å². The van der Waals surface area contributed by atoms with Gasteiger partial charge in [-0.1, -0.05) is 47.5 Å². The van der Waals surface area contributed by atoms with Crippen LogP contribution >= 0.6 is 23.2 Å². The number of rotatable bonds is 5. The Labute approximate surface area is 202 Å². The Morgan fingerprint density at radius 1 is 0.912 bits per heavy atom. The van der Waals surface area contributed by atoms with E-state index in [1.165, 1.54) is 54.6 Å². The first kappa shape index (κ1) is 25.2. The summed E-state index contributed by atoms with van der Waals surface area (Å²) in [6, 6.07) is 13.1. The molecule has 0 spiro atoms. The fourth-order valence-corrected chi connectivity index (χ4v) is 4.33. The number of urea groups is 1. The summed E-state index contributed by atoms with van der Waals surface area (Å²) in [7, 11) is -4.49. The number of carbonyl (C=O) groups is 1. The Hall–Kier alpha value is -3.46. The highest BCUT2D eigenvalue weighted by atomic mass is 35.5. The maximum absolute atomic E-state index is 14.0. The van der Waals surface area contributed by atoms with Gasteiger partial charge in [-0.25, -0.2) is 13.2 Å². The van der Waals surface area contributed by atoms with Crippen LogP contribution in [-0.4, -0.2) is 14.4 Å². The second-order valence-electron chi connectivity index (χ2n) is 6.62. The molecule has 3 N–H and O–H groups in total. The molecule has 13 heteroatoms. The van der Waals surface area contributed by atoms with Gasteiger partial charge in [0.05, 0.1) is 37.6 Å². The van der Waals surface area contributed by atoms with E-state index in [-0.39, 0.29) is 20.6 Å². The Balaban J connectivity index is 2.05. The molecule has 0 aliphatic carbocycles. The van der Waals surface area contributed by atoms with Crippen molar-refractivity contribution in [2.45, 2.75) is 11.1 Å². The van der Waals surface area contributed by atoms with Gasteiger partial charge in [-0.15, -0.1) is 0 Å². The highest BCUT2D eigenvalue weighted by Gasteiger charge is 2.39. The number of alkyl halides is 3. The second kappa shape index (κ2) is 9.80. The number of benzene rings is 3. The first-order chi connectivity index (χ1) is 15.9. The van der Waals surface area contributed by atoms with Crippen LogP contribution < -0.4 is 15.4 Å². The summed E-state index contributed by atoms with van der Waals surface area (Å²) in [5, 5.41) is 13.7. The van der Waals surface area contributed by atoms with Crippen molar-refractivity contribution in [2.75, 3.05) is 15.4 Å². The number of nitrogens with zero attached hydrogens (tertiary/aromatic N) is 1.